The third-order valence-electron chi connectivity index (χ3n) is 2.57. The van der Waals surface area contributed by atoms with Crippen LogP contribution in [0.1, 0.15) is 0 Å². The number of hydrogen-bond acceptors (Lipinski definition) is 9. The van der Waals surface area contributed by atoms with Crippen molar-refractivity contribution in [2.24, 2.45) is 5.73 Å². The van der Waals surface area contributed by atoms with Crippen molar-refractivity contribution in [3.05, 3.63) is 10.4 Å². The largest absolute Gasteiger partial charge is 0.462 e. The zero-order valence-corrected chi connectivity index (χ0v) is 11.9. The number of nitrogens with two attached hydrogens (primary N) is 2. The van der Waals surface area contributed by atoms with E-state index in [0.29, 0.717) is 18.2 Å². The molecule has 0 unspecified atom stereocenters. The fraction of sp³-hybridized carbons (Fsp3) is 0.500. The van der Waals surface area contributed by atoms with E-state index in [2.05, 4.69) is 15.3 Å². The van der Waals surface area contributed by atoms with Gasteiger partial charge >= 0.3 is 5.97 Å². The summed E-state index contributed by atoms with van der Waals surface area (Å²) in [5.74, 6) is -0.00714. The fourth-order valence-electron chi connectivity index (χ4n) is 1.67. The number of rotatable bonds is 6. The quantitative estimate of drug-likeness (QED) is 0.360. The number of H-pyrrole nitrogens is 1. The van der Waals surface area contributed by atoms with Crippen molar-refractivity contribution in [3.63, 3.8) is 0 Å². The highest BCUT2D eigenvalue weighted by atomic mass is 35.5. The summed E-state index contributed by atoms with van der Waals surface area (Å²) in [6, 6.07) is 0. The first-order valence-corrected chi connectivity index (χ1v) is 5.94. The Labute approximate surface area is 126 Å². The molecule has 0 saturated heterocycles. The number of carbonyl (C=O) groups is 1. The number of anilines is 3. The van der Waals surface area contributed by atoms with Gasteiger partial charge in [-0.15, -0.1) is 12.4 Å². The van der Waals surface area contributed by atoms with Crippen LogP contribution in [0.25, 0.3) is 0 Å². The van der Waals surface area contributed by atoms with Crippen LogP contribution < -0.4 is 27.2 Å². The lowest BCUT2D eigenvalue weighted by Crippen LogP contribution is -2.28. The second-order valence-electron chi connectivity index (χ2n) is 3.99. The van der Waals surface area contributed by atoms with Crippen LogP contribution in [0.15, 0.2) is 4.79 Å². The van der Waals surface area contributed by atoms with E-state index in [4.69, 9.17) is 20.9 Å². The molecule has 0 spiro atoms. The molecule has 1 aromatic heterocycles. The van der Waals surface area contributed by atoms with Crippen LogP contribution in [-0.2, 0) is 14.3 Å². The van der Waals surface area contributed by atoms with Crippen LogP contribution in [-0.4, -0.2) is 49.1 Å². The number of carbonyl (C=O) groups excluding carboxylic acids is 1. The van der Waals surface area contributed by atoms with Gasteiger partial charge in [-0.1, -0.05) is 0 Å². The lowest BCUT2D eigenvalue weighted by atomic mass is 10.5. The van der Waals surface area contributed by atoms with Crippen molar-refractivity contribution in [1.29, 1.82) is 0 Å². The van der Waals surface area contributed by atoms with Gasteiger partial charge in [0.05, 0.1) is 19.8 Å². The highest BCUT2D eigenvalue weighted by Gasteiger charge is 2.23. The number of hydrogen-bond donors (Lipinski definition) is 4. The van der Waals surface area contributed by atoms with Gasteiger partial charge in [-0.05, 0) is 0 Å². The van der Waals surface area contributed by atoms with Crippen molar-refractivity contribution >= 4 is 35.8 Å². The van der Waals surface area contributed by atoms with Gasteiger partial charge in [0.25, 0.3) is 5.56 Å². The number of esters is 1. The molecule has 0 aromatic carbocycles. The molecule has 0 atom stereocenters. The van der Waals surface area contributed by atoms with Gasteiger partial charge in [0, 0.05) is 0 Å². The number of nitrogen functional groups attached to an aromatic ring is 1. The Balaban J connectivity index is 0.00000220. The Morgan fingerprint density at radius 1 is 1.43 bits per heavy atom. The molecule has 1 aliphatic rings. The molecule has 0 bridgehead atoms. The van der Waals surface area contributed by atoms with Crippen LogP contribution in [0.5, 0.6) is 0 Å². The first-order valence-electron chi connectivity index (χ1n) is 5.94. The molecule has 2 heterocycles. The summed E-state index contributed by atoms with van der Waals surface area (Å²) in [7, 11) is 0. The number of nitrogens with zero attached hydrogens (tertiary/aromatic N) is 2. The van der Waals surface area contributed by atoms with Gasteiger partial charge in [-0.3, -0.25) is 14.6 Å². The maximum absolute atomic E-state index is 11.6. The predicted molar refractivity (Wildman–Crippen MR) is 78.3 cm³/mol. The van der Waals surface area contributed by atoms with E-state index >= 15 is 0 Å². The number of ether oxygens (including phenoxy) is 2. The zero-order chi connectivity index (χ0) is 14.5. The summed E-state index contributed by atoms with van der Waals surface area (Å²) in [5.41, 5.74) is 10.6. The molecule has 21 heavy (non-hydrogen) atoms. The third-order valence-corrected chi connectivity index (χ3v) is 2.57. The van der Waals surface area contributed by atoms with Gasteiger partial charge in [-0.25, -0.2) is 0 Å². The van der Waals surface area contributed by atoms with Gasteiger partial charge in [0.2, 0.25) is 5.95 Å². The first-order chi connectivity index (χ1) is 9.61. The predicted octanol–water partition coefficient (Wildman–Crippen LogP) is -1.56. The van der Waals surface area contributed by atoms with Crippen LogP contribution in [0, 0.1) is 0 Å². The molecule has 0 amide bonds. The highest BCUT2D eigenvalue weighted by molar-refractivity contribution is 5.85. The first kappa shape index (κ1) is 17.0. The Kier molecular flexibility index (Phi) is 6.21. The molecule has 1 aliphatic heterocycles. The van der Waals surface area contributed by atoms with Gasteiger partial charge in [-0.2, -0.15) is 4.98 Å². The van der Waals surface area contributed by atoms with E-state index < -0.39 is 5.97 Å². The molecular formula is C10H17ClN6O4. The van der Waals surface area contributed by atoms with Crippen molar-refractivity contribution < 1.29 is 14.3 Å². The van der Waals surface area contributed by atoms with Gasteiger partial charge in [0.15, 0.2) is 5.82 Å². The third kappa shape index (κ3) is 4.21. The van der Waals surface area contributed by atoms with E-state index in [1.54, 1.807) is 4.90 Å². The molecule has 118 valence electrons. The van der Waals surface area contributed by atoms with Crippen molar-refractivity contribution in [2.75, 3.05) is 49.1 Å². The lowest BCUT2D eigenvalue weighted by molar-refractivity contribution is -0.143. The minimum Gasteiger partial charge on any atom is -0.462 e. The second-order valence-corrected chi connectivity index (χ2v) is 3.99. The van der Waals surface area contributed by atoms with E-state index in [9.17, 15) is 9.59 Å². The molecule has 0 aliphatic carbocycles. The van der Waals surface area contributed by atoms with E-state index in [0.717, 1.165) is 0 Å². The Morgan fingerprint density at radius 3 is 2.90 bits per heavy atom. The normalized spacial score (nSPS) is 12.3. The van der Waals surface area contributed by atoms with Crippen molar-refractivity contribution in [1.82, 2.24) is 9.97 Å². The summed E-state index contributed by atoms with van der Waals surface area (Å²) in [4.78, 5) is 30.5. The number of aromatic nitrogens is 2. The SMILES string of the molecule is Cl.NCC(=O)OCCOCN1CNc2c1nc(N)[nH]c2=O. The summed E-state index contributed by atoms with van der Waals surface area (Å²) in [6.45, 7) is 0.758. The monoisotopic (exact) mass is 320 g/mol. The molecule has 2 rings (SSSR count). The molecular weight excluding hydrogens is 304 g/mol. The molecule has 10 nitrogen and oxygen atoms in total. The molecule has 0 radical (unpaired) electrons. The molecule has 11 heteroatoms. The van der Waals surface area contributed by atoms with Crippen molar-refractivity contribution in [2.45, 2.75) is 0 Å². The zero-order valence-electron chi connectivity index (χ0n) is 11.1. The average molecular weight is 321 g/mol. The smallest absolute Gasteiger partial charge is 0.319 e. The Bertz CT molecular complexity index is 551. The Hall–Kier alpha value is -2.04. The number of nitrogens with one attached hydrogen (secondary N) is 2. The topological polar surface area (TPSA) is 149 Å². The van der Waals surface area contributed by atoms with Gasteiger partial charge < -0.3 is 31.2 Å². The van der Waals surface area contributed by atoms with E-state index in [-0.39, 0.29) is 50.4 Å². The number of halogens is 1. The standard InChI is InChI=1S/C10H16N6O4.ClH/c11-3-6(17)20-2-1-19-5-16-4-13-7-8(16)14-10(12)15-9(7)18;/h13H,1-5,11H2,(H3,12,14,15,18);1H. The number of fused-ring (bicyclic) bond motifs is 1. The Morgan fingerprint density at radius 2 is 2.19 bits per heavy atom. The molecule has 0 fully saturated rings. The average Bonchev–Trinajstić information content (AvgIpc) is 2.81. The van der Waals surface area contributed by atoms with Crippen LogP contribution in [0.2, 0.25) is 0 Å². The summed E-state index contributed by atoms with van der Waals surface area (Å²) < 4.78 is 10.1. The van der Waals surface area contributed by atoms with Crippen molar-refractivity contribution in [3.8, 4) is 0 Å². The summed E-state index contributed by atoms with van der Waals surface area (Å²) in [5, 5.41) is 2.90. The maximum Gasteiger partial charge on any atom is 0.319 e. The lowest BCUT2D eigenvalue weighted by Gasteiger charge is -2.16. The summed E-state index contributed by atoms with van der Waals surface area (Å²) >= 11 is 0. The molecule has 6 N–H and O–H groups in total. The minimum atomic E-state index is -0.484. The summed E-state index contributed by atoms with van der Waals surface area (Å²) in [6.07, 6.45) is 0. The van der Waals surface area contributed by atoms with Crippen LogP contribution >= 0.6 is 12.4 Å². The van der Waals surface area contributed by atoms with E-state index in [1.165, 1.54) is 0 Å². The number of aromatic amines is 1. The van der Waals surface area contributed by atoms with E-state index in [1.807, 2.05) is 0 Å². The molecule has 0 saturated carbocycles. The fourth-order valence-corrected chi connectivity index (χ4v) is 1.67. The van der Waals surface area contributed by atoms with Crippen LogP contribution in [0.3, 0.4) is 0 Å². The molecule has 1 aromatic rings. The second kappa shape index (κ2) is 7.67. The highest BCUT2D eigenvalue weighted by Crippen LogP contribution is 2.24. The van der Waals surface area contributed by atoms with Gasteiger partial charge in [0.1, 0.15) is 19.0 Å². The van der Waals surface area contributed by atoms with Crippen LogP contribution in [0.4, 0.5) is 17.5 Å². The maximum atomic E-state index is 11.6. The minimum absolute atomic E-state index is 0.